The highest BCUT2D eigenvalue weighted by Crippen LogP contribution is 2.24. The predicted octanol–water partition coefficient (Wildman–Crippen LogP) is 4.78. The summed E-state index contributed by atoms with van der Waals surface area (Å²) in [5.74, 6) is 0.792. The highest BCUT2D eigenvalue weighted by molar-refractivity contribution is 7.89. The van der Waals surface area contributed by atoms with Gasteiger partial charge in [-0.15, -0.1) is 0 Å². The Morgan fingerprint density at radius 1 is 0.969 bits per heavy atom. The number of likely N-dealkylation sites (tertiary alicyclic amines) is 1. The molecule has 6 nitrogen and oxygen atoms in total. The van der Waals surface area contributed by atoms with Crippen LogP contribution in [0.1, 0.15) is 31.2 Å². The topological polar surface area (TPSA) is 70.7 Å². The van der Waals surface area contributed by atoms with Gasteiger partial charge in [0.25, 0.3) is 0 Å². The molecule has 1 aliphatic heterocycles. The maximum absolute atomic E-state index is 12.2. The molecule has 0 atom stereocenters. The van der Waals surface area contributed by atoms with Crippen LogP contribution in [0, 0.1) is 0 Å². The minimum atomic E-state index is -3.37. The number of sulfonamides is 1. The van der Waals surface area contributed by atoms with Crippen LogP contribution in [-0.4, -0.2) is 51.9 Å². The van der Waals surface area contributed by atoms with Gasteiger partial charge in [0.15, 0.2) is 0 Å². The third-order valence-electron chi connectivity index (χ3n) is 5.28. The molecule has 2 N–H and O–H groups in total. The molecule has 3 rings (SSSR count). The van der Waals surface area contributed by atoms with Gasteiger partial charge in [-0.1, -0.05) is 41.8 Å². The molecular formula is C23H31Cl2N3O3S. The van der Waals surface area contributed by atoms with Crippen molar-refractivity contribution in [3.05, 3.63) is 58.1 Å². The molecule has 2 aromatic rings. The van der Waals surface area contributed by atoms with Crippen molar-refractivity contribution in [1.82, 2.24) is 9.62 Å². The van der Waals surface area contributed by atoms with Crippen molar-refractivity contribution in [3.63, 3.8) is 0 Å². The van der Waals surface area contributed by atoms with Crippen molar-refractivity contribution in [2.24, 2.45) is 0 Å². The minimum Gasteiger partial charge on any atom is -0.494 e. The smallest absolute Gasteiger partial charge is 0.213 e. The Balaban J connectivity index is 1.32. The van der Waals surface area contributed by atoms with E-state index < -0.39 is 10.0 Å². The molecule has 0 amide bonds. The number of ether oxygens (including phenoxy) is 1. The van der Waals surface area contributed by atoms with E-state index in [4.69, 9.17) is 27.9 Å². The van der Waals surface area contributed by atoms with Gasteiger partial charge in [0.05, 0.1) is 22.4 Å². The Hall–Kier alpha value is -1.51. The molecule has 1 aliphatic rings. The first-order valence-electron chi connectivity index (χ1n) is 11.0. The lowest BCUT2D eigenvalue weighted by Crippen LogP contribution is -2.31. The van der Waals surface area contributed by atoms with Crippen molar-refractivity contribution in [3.8, 4) is 5.75 Å². The van der Waals surface area contributed by atoms with E-state index in [1.165, 1.54) is 24.8 Å². The largest absolute Gasteiger partial charge is 0.494 e. The van der Waals surface area contributed by atoms with Crippen LogP contribution in [0.3, 0.4) is 0 Å². The molecule has 176 valence electrons. The van der Waals surface area contributed by atoms with Gasteiger partial charge in [0.2, 0.25) is 10.0 Å². The van der Waals surface area contributed by atoms with E-state index >= 15 is 0 Å². The monoisotopic (exact) mass is 499 g/mol. The summed E-state index contributed by atoms with van der Waals surface area (Å²) >= 11 is 11.8. The number of benzene rings is 2. The van der Waals surface area contributed by atoms with Gasteiger partial charge in [-0.05, 0) is 68.2 Å². The van der Waals surface area contributed by atoms with Crippen molar-refractivity contribution >= 4 is 38.9 Å². The number of nitrogens with zero attached hydrogens (tertiary/aromatic N) is 1. The summed E-state index contributed by atoms with van der Waals surface area (Å²) in [6.07, 6.45) is 4.47. The lowest BCUT2D eigenvalue weighted by atomic mass is 10.1. The lowest BCUT2D eigenvalue weighted by Gasteiger charge is -2.26. The average Bonchev–Trinajstić information content (AvgIpc) is 2.77. The lowest BCUT2D eigenvalue weighted by molar-refractivity contribution is 0.220. The average molecular weight is 500 g/mol. The molecule has 0 spiro atoms. The summed E-state index contributed by atoms with van der Waals surface area (Å²) in [5, 5.41) is 3.92. The third kappa shape index (κ3) is 8.79. The van der Waals surface area contributed by atoms with Crippen molar-refractivity contribution in [1.29, 1.82) is 0 Å². The Morgan fingerprint density at radius 3 is 2.56 bits per heavy atom. The molecule has 1 fully saturated rings. The Labute approximate surface area is 201 Å². The summed E-state index contributed by atoms with van der Waals surface area (Å²) < 4.78 is 32.8. The fraction of sp³-hybridized carbons (Fsp3) is 0.478. The van der Waals surface area contributed by atoms with E-state index in [-0.39, 0.29) is 12.3 Å². The van der Waals surface area contributed by atoms with Crippen molar-refractivity contribution in [2.75, 3.05) is 43.9 Å². The standard InChI is InChI=1S/C23H31Cl2N3O3S/c24-22-9-8-20(17-23(22)25)26-11-15-32(29,30)27-10-5-14-31-21-7-4-6-19(16-21)18-28-12-2-1-3-13-28/h4,6-9,16-17,26-27H,1-3,5,10-15,18H2. The number of halogens is 2. The van der Waals surface area contributed by atoms with Gasteiger partial charge in [-0.25, -0.2) is 13.1 Å². The van der Waals surface area contributed by atoms with Crippen molar-refractivity contribution < 1.29 is 13.2 Å². The summed E-state index contributed by atoms with van der Waals surface area (Å²) in [5.41, 5.74) is 1.98. The van der Waals surface area contributed by atoms with Gasteiger partial charge in [0, 0.05) is 25.3 Å². The molecule has 2 aromatic carbocycles. The molecule has 0 radical (unpaired) electrons. The van der Waals surface area contributed by atoms with Gasteiger partial charge < -0.3 is 10.1 Å². The van der Waals surface area contributed by atoms with Gasteiger partial charge >= 0.3 is 0 Å². The number of rotatable bonds is 12. The zero-order chi connectivity index (χ0) is 22.8. The van der Waals surface area contributed by atoms with E-state index in [2.05, 4.69) is 27.1 Å². The number of anilines is 1. The Morgan fingerprint density at radius 2 is 1.78 bits per heavy atom. The maximum atomic E-state index is 12.2. The molecule has 0 aliphatic carbocycles. The van der Waals surface area contributed by atoms with Crippen LogP contribution in [0.4, 0.5) is 5.69 Å². The predicted molar refractivity (Wildman–Crippen MR) is 132 cm³/mol. The summed E-state index contributed by atoms with van der Waals surface area (Å²) in [4.78, 5) is 2.48. The SMILES string of the molecule is O=S(=O)(CCNc1ccc(Cl)c(Cl)c1)NCCCOc1cccc(CN2CCCCC2)c1. The minimum absolute atomic E-state index is 0.0351. The quantitative estimate of drug-likeness (QED) is 0.411. The van der Waals surface area contributed by atoms with Crippen LogP contribution >= 0.6 is 23.2 Å². The number of piperidine rings is 1. The second-order valence-electron chi connectivity index (χ2n) is 7.96. The van der Waals surface area contributed by atoms with E-state index in [0.29, 0.717) is 29.6 Å². The molecule has 1 saturated heterocycles. The summed E-state index contributed by atoms with van der Waals surface area (Å²) in [6, 6.07) is 13.3. The number of nitrogens with one attached hydrogen (secondary N) is 2. The van der Waals surface area contributed by atoms with Gasteiger partial charge in [-0.3, -0.25) is 4.90 Å². The molecule has 9 heteroatoms. The first kappa shape index (κ1) is 25.1. The molecule has 0 unspecified atom stereocenters. The van der Waals surface area contributed by atoms with E-state index in [1.54, 1.807) is 18.2 Å². The van der Waals surface area contributed by atoms with Gasteiger partial charge in [-0.2, -0.15) is 0 Å². The molecular weight excluding hydrogens is 469 g/mol. The second kappa shape index (κ2) is 12.7. The zero-order valence-electron chi connectivity index (χ0n) is 18.2. The summed E-state index contributed by atoms with van der Waals surface area (Å²) in [7, 11) is -3.37. The van der Waals surface area contributed by atoms with Crippen LogP contribution in [0.5, 0.6) is 5.75 Å². The fourth-order valence-corrected chi connectivity index (χ4v) is 4.88. The van der Waals surface area contributed by atoms with E-state index in [9.17, 15) is 8.42 Å². The van der Waals surface area contributed by atoms with Crippen LogP contribution in [-0.2, 0) is 16.6 Å². The Kier molecular flexibility index (Phi) is 9.93. The first-order valence-corrected chi connectivity index (χ1v) is 13.4. The number of hydrogen-bond donors (Lipinski definition) is 2. The summed E-state index contributed by atoms with van der Waals surface area (Å²) in [6.45, 7) is 4.34. The first-order chi connectivity index (χ1) is 15.4. The molecule has 32 heavy (non-hydrogen) atoms. The zero-order valence-corrected chi connectivity index (χ0v) is 20.5. The normalized spacial score (nSPS) is 14.9. The maximum Gasteiger partial charge on any atom is 0.213 e. The van der Waals surface area contributed by atoms with Crippen LogP contribution in [0.25, 0.3) is 0 Å². The molecule has 0 aromatic heterocycles. The third-order valence-corrected chi connectivity index (χ3v) is 7.41. The van der Waals surface area contributed by atoms with E-state index in [1.807, 2.05) is 12.1 Å². The Bertz CT molecular complexity index is 967. The molecule has 0 bridgehead atoms. The van der Waals surface area contributed by atoms with Gasteiger partial charge in [0.1, 0.15) is 5.75 Å². The second-order valence-corrected chi connectivity index (χ2v) is 10.7. The molecule has 0 saturated carbocycles. The van der Waals surface area contributed by atoms with Crippen LogP contribution < -0.4 is 14.8 Å². The molecule has 1 heterocycles. The van der Waals surface area contributed by atoms with Crippen molar-refractivity contribution in [2.45, 2.75) is 32.2 Å². The van der Waals surface area contributed by atoms with Crippen LogP contribution in [0.2, 0.25) is 10.0 Å². The highest BCUT2D eigenvalue weighted by atomic mass is 35.5. The van der Waals surface area contributed by atoms with Crippen LogP contribution in [0.15, 0.2) is 42.5 Å². The van der Waals surface area contributed by atoms with E-state index in [0.717, 1.165) is 31.1 Å². The fourth-order valence-electron chi connectivity index (χ4n) is 3.61. The highest BCUT2D eigenvalue weighted by Gasteiger charge is 2.11. The number of hydrogen-bond acceptors (Lipinski definition) is 5.